The molecule has 0 saturated heterocycles. The predicted molar refractivity (Wildman–Crippen MR) is 140 cm³/mol. The number of fused-ring (bicyclic) bond motifs is 10. The van der Waals surface area contributed by atoms with E-state index in [9.17, 15) is 0 Å². The fourth-order valence-electron chi connectivity index (χ4n) is 6.73. The zero-order valence-electron chi connectivity index (χ0n) is 18.8. The van der Waals surface area contributed by atoms with Gasteiger partial charge >= 0.3 is 0 Å². The third kappa shape index (κ3) is 2.35. The van der Waals surface area contributed by atoms with Gasteiger partial charge < -0.3 is 9.97 Å². The van der Waals surface area contributed by atoms with Crippen molar-refractivity contribution in [2.45, 2.75) is 24.7 Å². The Morgan fingerprint density at radius 3 is 1.38 bits per heavy atom. The van der Waals surface area contributed by atoms with E-state index in [1.165, 1.54) is 66.6 Å². The van der Waals surface area contributed by atoms with Crippen LogP contribution in [0, 0.1) is 0 Å². The van der Waals surface area contributed by atoms with E-state index in [2.05, 4.69) is 107 Å². The van der Waals surface area contributed by atoms with Crippen LogP contribution < -0.4 is 0 Å². The fourth-order valence-corrected chi connectivity index (χ4v) is 6.73. The van der Waals surface area contributed by atoms with Crippen LogP contribution in [-0.2, 0) is 0 Å². The van der Waals surface area contributed by atoms with E-state index in [1.807, 2.05) is 0 Å². The minimum absolute atomic E-state index is 0.402. The summed E-state index contributed by atoms with van der Waals surface area (Å²) < 4.78 is 0. The summed E-state index contributed by atoms with van der Waals surface area (Å²) >= 11 is 0. The summed E-state index contributed by atoms with van der Waals surface area (Å²) in [5.41, 5.74) is 13.8. The molecule has 2 heteroatoms. The van der Waals surface area contributed by atoms with Crippen molar-refractivity contribution in [3.8, 4) is 22.3 Å². The Hall–Kier alpha value is -4.04. The lowest BCUT2D eigenvalue weighted by molar-refractivity contribution is 0.613. The number of aromatic amines is 2. The van der Waals surface area contributed by atoms with Crippen LogP contribution in [0.15, 0.2) is 97.1 Å². The van der Waals surface area contributed by atoms with Crippen LogP contribution in [0.4, 0.5) is 0 Å². The number of benzene rings is 4. The van der Waals surface area contributed by atoms with Gasteiger partial charge in [-0.1, -0.05) is 84.9 Å². The van der Waals surface area contributed by atoms with E-state index < -0.39 is 0 Å². The Balaban J connectivity index is 1.24. The fraction of sp³-hybridized carbons (Fsp3) is 0.125. The summed E-state index contributed by atoms with van der Waals surface area (Å²) in [6.07, 6.45) is 2.23. The van der Waals surface area contributed by atoms with Gasteiger partial charge in [0.1, 0.15) is 0 Å². The molecule has 0 aliphatic heterocycles. The zero-order valence-corrected chi connectivity index (χ0v) is 18.8. The molecule has 6 aromatic rings. The SMILES string of the molecule is c1ccc2c(c1)-c1c([nH]c3ccccc13)C2CCC1c2ccccc2-c2c1[nH]c1ccccc21. The average Bonchev–Trinajstić information content (AvgIpc) is 3.60. The first-order valence-corrected chi connectivity index (χ1v) is 12.3. The summed E-state index contributed by atoms with van der Waals surface area (Å²) in [7, 11) is 0. The minimum Gasteiger partial charge on any atom is -0.357 e. The molecule has 8 rings (SSSR count). The molecule has 2 aliphatic rings. The van der Waals surface area contributed by atoms with Crippen molar-refractivity contribution in [1.29, 1.82) is 0 Å². The molecule has 34 heavy (non-hydrogen) atoms. The maximum absolute atomic E-state index is 3.80. The average molecular weight is 437 g/mol. The normalized spacial score (nSPS) is 17.6. The van der Waals surface area contributed by atoms with Crippen LogP contribution in [0.1, 0.15) is 47.2 Å². The van der Waals surface area contributed by atoms with Crippen LogP contribution in [0.3, 0.4) is 0 Å². The molecule has 2 aromatic heterocycles. The second-order valence-electron chi connectivity index (χ2n) is 9.78. The number of hydrogen-bond donors (Lipinski definition) is 2. The highest BCUT2D eigenvalue weighted by Gasteiger charge is 2.35. The quantitative estimate of drug-likeness (QED) is 0.279. The molecule has 2 unspecified atom stereocenters. The van der Waals surface area contributed by atoms with E-state index >= 15 is 0 Å². The zero-order chi connectivity index (χ0) is 22.2. The van der Waals surface area contributed by atoms with E-state index in [1.54, 1.807) is 0 Å². The van der Waals surface area contributed by atoms with Gasteiger partial charge in [0.2, 0.25) is 0 Å². The Morgan fingerprint density at radius 2 is 0.882 bits per heavy atom. The first kappa shape index (κ1) is 18.4. The van der Waals surface area contributed by atoms with Crippen molar-refractivity contribution in [3.63, 3.8) is 0 Å². The molecule has 0 saturated carbocycles. The maximum atomic E-state index is 3.80. The van der Waals surface area contributed by atoms with Crippen LogP contribution >= 0.6 is 0 Å². The Bertz CT molecular complexity index is 1600. The van der Waals surface area contributed by atoms with Crippen molar-refractivity contribution in [2.75, 3.05) is 0 Å². The number of aromatic nitrogens is 2. The van der Waals surface area contributed by atoms with Crippen molar-refractivity contribution < 1.29 is 0 Å². The molecular formula is C32H24N2. The van der Waals surface area contributed by atoms with Gasteiger partial charge in [0.25, 0.3) is 0 Å². The highest BCUT2D eigenvalue weighted by atomic mass is 14.8. The highest BCUT2D eigenvalue weighted by Crippen LogP contribution is 2.53. The van der Waals surface area contributed by atoms with E-state index in [-0.39, 0.29) is 0 Å². The second kappa shape index (κ2) is 6.74. The van der Waals surface area contributed by atoms with Crippen LogP contribution in [0.25, 0.3) is 44.1 Å². The summed E-state index contributed by atoms with van der Waals surface area (Å²) in [6, 6.07) is 35.5. The lowest BCUT2D eigenvalue weighted by Crippen LogP contribution is -2.04. The van der Waals surface area contributed by atoms with Gasteiger partial charge in [-0.2, -0.15) is 0 Å². The van der Waals surface area contributed by atoms with Gasteiger partial charge in [-0.05, 0) is 47.2 Å². The molecule has 2 N–H and O–H groups in total. The smallest absolute Gasteiger partial charge is 0.0462 e. The molecule has 0 amide bonds. The molecule has 2 atom stereocenters. The molecule has 0 bridgehead atoms. The third-order valence-electron chi connectivity index (χ3n) is 8.12. The molecular weight excluding hydrogens is 412 g/mol. The molecule has 0 radical (unpaired) electrons. The number of H-pyrrole nitrogens is 2. The number of rotatable bonds is 3. The van der Waals surface area contributed by atoms with Crippen molar-refractivity contribution in [1.82, 2.24) is 9.97 Å². The van der Waals surface area contributed by atoms with Crippen molar-refractivity contribution >= 4 is 21.8 Å². The Labute approximate surface area is 198 Å². The van der Waals surface area contributed by atoms with Gasteiger partial charge in [-0.15, -0.1) is 0 Å². The predicted octanol–water partition coefficient (Wildman–Crippen LogP) is 8.35. The molecule has 0 spiro atoms. The Morgan fingerprint density at radius 1 is 0.471 bits per heavy atom. The van der Waals surface area contributed by atoms with Gasteiger partial charge in [0, 0.05) is 56.2 Å². The number of hydrogen-bond acceptors (Lipinski definition) is 0. The molecule has 2 aliphatic carbocycles. The Kier molecular flexibility index (Phi) is 3.65. The third-order valence-corrected chi connectivity index (χ3v) is 8.12. The summed E-state index contributed by atoms with van der Waals surface area (Å²) in [5, 5.41) is 2.69. The van der Waals surface area contributed by atoms with E-state index in [0.717, 1.165) is 12.8 Å². The second-order valence-corrected chi connectivity index (χ2v) is 9.78. The maximum Gasteiger partial charge on any atom is 0.0462 e. The van der Waals surface area contributed by atoms with Gasteiger partial charge in [0.05, 0.1) is 0 Å². The van der Waals surface area contributed by atoms with Crippen molar-refractivity contribution in [3.05, 3.63) is 120 Å². The van der Waals surface area contributed by atoms with Crippen LogP contribution in [0.2, 0.25) is 0 Å². The molecule has 2 heterocycles. The standard InChI is InChI=1S/C32H24N2/c1-3-11-21-19(9-1)23(31-29(21)25-13-5-7-15-27(25)33-31)17-18-24-20-10-2-4-12-22(20)30-26-14-6-8-16-28(26)34-32(24)30/h1-16,23-24,33-34H,17-18H2. The van der Waals surface area contributed by atoms with E-state index in [0.29, 0.717) is 11.8 Å². The van der Waals surface area contributed by atoms with Gasteiger partial charge in [-0.3, -0.25) is 0 Å². The monoisotopic (exact) mass is 436 g/mol. The van der Waals surface area contributed by atoms with Gasteiger partial charge in [0.15, 0.2) is 0 Å². The number of para-hydroxylation sites is 2. The molecule has 162 valence electrons. The largest absolute Gasteiger partial charge is 0.357 e. The van der Waals surface area contributed by atoms with E-state index in [4.69, 9.17) is 0 Å². The van der Waals surface area contributed by atoms with Gasteiger partial charge in [-0.25, -0.2) is 0 Å². The first-order valence-electron chi connectivity index (χ1n) is 12.3. The summed E-state index contributed by atoms with van der Waals surface area (Å²) in [5.74, 6) is 0.804. The van der Waals surface area contributed by atoms with Crippen molar-refractivity contribution in [2.24, 2.45) is 0 Å². The minimum atomic E-state index is 0.402. The molecule has 0 fully saturated rings. The lowest BCUT2D eigenvalue weighted by Gasteiger charge is -2.18. The summed E-state index contributed by atoms with van der Waals surface area (Å²) in [6.45, 7) is 0. The summed E-state index contributed by atoms with van der Waals surface area (Å²) in [4.78, 5) is 7.60. The first-order chi connectivity index (χ1) is 16.9. The number of nitrogens with one attached hydrogen (secondary N) is 2. The topological polar surface area (TPSA) is 31.6 Å². The molecule has 4 aromatic carbocycles. The molecule has 2 nitrogen and oxygen atoms in total. The lowest BCUT2D eigenvalue weighted by atomic mass is 9.88. The highest BCUT2D eigenvalue weighted by molar-refractivity contribution is 6.02. The van der Waals surface area contributed by atoms with Crippen LogP contribution in [-0.4, -0.2) is 9.97 Å². The van der Waals surface area contributed by atoms with Crippen LogP contribution in [0.5, 0.6) is 0 Å².